The summed E-state index contributed by atoms with van der Waals surface area (Å²) >= 11 is 7.14. The van der Waals surface area contributed by atoms with Crippen molar-refractivity contribution < 1.29 is 18.0 Å². The third kappa shape index (κ3) is 5.72. The van der Waals surface area contributed by atoms with E-state index in [1.165, 1.54) is 18.3 Å². The number of carbonyl (C=O) groups is 1. The number of carbonyl (C=O) groups excluding carboxylic acids is 1. The molecular weight excluding hydrogens is 447 g/mol. The van der Waals surface area contributed by atoms with Gasteiger partial charge in [-0.3, -0.25) is 10.1 Å². The second-order valence-electron chi connectivity index (χ2n) is 6.59. The van der Waals surface area contributed by atoms with Crippen molar-refractivity contribution in [2.24, 2.45) is 0 Å². The molecule has 0 bridgehead atoms. The van der Waals surface area contributed by atoms with E-state index in [9.17, 15) is 23.2 Å². The maximum atomic E-state index is 12.9. The lowest BCUT2D eigenvalue weighted by Crippen LogP contribution is -2.13. The lowest BCUT2D eigenvalue weighted by molar-refractivity contribution is -0.137. The molecule has 1 amide bonds. The Hall–Kier alpha value is -3.15. The number of anilines is 1. The number of rotatable bonds is 5. The van der Waals surface area contributed by atoms with Crippen LogP contribution in [-0.4, -0.2) is 10.9 Å². The van der Waals surface area contributed by atoms with Crippen molar-refractivity contribution in [2.75, 3.05) is 5.32 Å². The van der Waals surface area contributed by atoms with Gasteiger partial charge in [-0.25, -0.2) is 4.98 Å². The summed E-state index contributed by atoms with van der Waals surface area (Å²) in [5, 5.41) is 12.3. The van der Waals surface area contributed by atoms with E-state index in [0.29, 0.717) is 10.4 Å². The number of benzene rings is 2. The molecule has 3 rings (SSSR count). The molecular formula is C22H15ClF3N3OS. The number of nitriles is 1. The van der Waals surface area contributed by atoms with Crippen molar-refractivity contribution in [3.63, 3.8) is 0 Å². The molecule has 0 atom stereocenters. The summed E-state index contributed by atoms with van der Waals surface area (Å²) in [5.74, 6) is -0.622. The van der Waals surface area contributed by atoms with Crippen LogP contribution >= 0.6 is 22.9 Å². The number of thiazole rings is 1. The van der Waals surface area contributed by atoms with Gasteiger partial charge in [-0.2, -0.15) is 18.4 Å². The van der Waals surface area contributed by atoms with Crippen LogP contribution in [0.25, 0.3) is 6.08 Å². The minimum atomic E-state index is -4.47. The Labute approximate surface area is 185 Å². The normalized spacial score (nSPS) is 11.8. The van der Waals surface area contributed by atoms with Gasteiger partial charge >= 0.3 is 6.18 Å². The van der Waals surface area contributed by atoms with E-state index in [1.807, 2.05) is 25.1 Å². The molecule has 0 spiro atoms. The monoisotopic (exact) mass is 461 g/mol. The molecule has 158 valence electrons. The maximum absolute atomic E-state index is 12.9. The summed E-state index contributed by atoms with van der Waals surface area (Å²) < 4.78 is 38.8. The average molecular weight is 462 g/mol. The van der Waals surface area contributed by atoms with Gasteiger partial charge < -0.3 is 0 Å². The van der Waals surface area contributed by atoms with Crippen LogP contribution in [-0.2, 0) is 17.4 Å². The molecule has 4 nitrogen and oxygen atoms in total. The van der Waals surface area contributed by atoms with Crippen LogP contribution in [0, 0.1) is 18.3 Å². The van der Waals surface area contributed by atoms with E-state index in [-0.39, 0.29) is 22.1 Å². The standard InChI is InChI=1S/C22H15ClF3N3OS/c1-13-4-2-3-5-14(13)8-16(11-27)20(30)29-21-28-12-18(31-21)10-15-9-17(22(24,25)26)6-7-19(15)23/h2-9,12H,10H2,1H3,(H,28,29,30). The zero-order chi connectivity index (χ0) is 22.6. The highest BCUT2D eigenvalue weighted by Crippen LogP contribution is 2.33. The predicted molar refractivity (Wildman–Crippen MR) is 115 cm³/mol. The lowest BCUT2D eigenvalue weighted by Gasteiger charge is -2.09. The maximum Gasteiger partial charge on any atom is 0.416 e. The van der Waals surface area contributed by atoms with Crippen LogP contribution in [0.4, 0.5) is 18.3 Å². The highest BCUT2D eigenvalue weighted by Gasteiger charge is 2.31. The number of aromatic nitrogens is 1. The molecule has 3 aromatic rings. The summed E-state index contributed by atoms with van der Waals surface area (Å²) in [6, 6.07) is 12.3. The molecule has 1 N–H and O–H groups in total. The SMILES string of the molecule is Cc1ccccc1C=C(C#N)C(=O)Nc1ncc(Cc2cc(C(F)(F)F)ccc2Cl)s1. The van der Waals surface area contributed by atoms with Gasteiger partial charge in [0.05, 0.1) is 5.56 Å². The molecule has 2 aromatic carbocycles. The van der Waals surface area contributed by atoms with E-state index < -0.39 is 17.6 Å². The van der Waals surface area contributed by atoms with E-state index in [2.05, 4.69) is 10.3 Å². The van der Waals surface area contributed by atoms with Gasteiger partial charge in [-0.05, 0) is 47.9 Å². The van der Waals surface area contributed by atoms with Crippen LogP contribution in [0.1, 0.15) is 27.1 Å². The zero-order valence-electron chi connectivity index (χ0n) is 16.1. The molecule has 1 aromatic heterocycles. The minimum absolute atomic E-state index is 0.0908. The fourth-order valence-corrected chi connectivity index (χ4v) is 3.75. The Morgan fingerprint density at radius 2 is 2.03 bits per heavy atom. The highest BCUT2D eigenvalue weighted by atomic mass is 35.5. The first-order chi connectivity index (χ1) is 14.7. The Bertz CT molecular complexity index is 1200. The van der Waals surface area contributed by atoms with Crippen molar-refractivity contribution in [3.8, 4) is 6.07 Å². The molecule has 9 heteroatoms. The number of halogens is 4. The van der Waals surface area contributed by atoms with Gasteiger partial charge in [0.25, 0.3) is 5.91 Å². The quantitative estimate of drug-likeness (QED) is 0.360. The van der Waals surface area contributed by atoms with E-state index >= 15 is 0 Å². The predicted octanol–water partition coefficient (Wildman–Crippen LogP) is 6.26. The number of amides is 1. The number of nitrogens with zero attached hydrogens (tertiary/aromatic N) is 2. The van der Waals surface area contributed by atoms with Crippen LogP contribution in [0.5, 0.6) is 0 Å². The number of hydrogen-bond acceptors (Lipinski definition) is 4. The van der Waals surface area contributed by atoms with Crippen LogP contribution < -0.4 is 5.32 Å². The molecule has 0 unspecified atom stereocenters. The molecule has 1 heterocycles. The van der Waals surface area contributed by atoms with Crippen LogP contribution in [0.15, 0.2) is 54.2 Å². The van der Waals surface area contributed by atoms with Gasteiger partial charge in [-0.15, -0.1) is 11.3 Å². The molecule has 0 aliphatic rings. The molecule has 31 heavy (non-hydrogen) atoms. The first-order valence-electron chi connectivity index (χ1n) is 8.96. The van der Waals surface area contributed by atoms with Crippen molar-refractivity contribution in [1.29, 1.82) is 5.26 Å². The van der Waals surface area contributed by atoms with E-state index in [0.717, 1.165) is 34.6 Å². The summed E-state index contributed by atoms with van der Waals surface area (Å²) in [5.41, 5.74) is 1.08. The van der Waals surface area contributed by atoms with Crippen LogP contribution in [0.3, 0.4) is 0 Å². The summed E-state index contributed by atoms with van der Waals surface area (Å²) in [4.78, 5) is 17.1. The summed E-state index contributed by atoms with van der Waals surface area (Å²) in [6.07, 6.45) is -1.40. The first-order valence-corrected chi connectivity index (χ1v) is 10.2. The highest BCUT2D eigenvalue weighted by molar-refractivity contribution is 7.15. The molecule has 0 aliphatic carbocycles. The Morgan fingerprint density at radius 3 is 2.71 bits per heavy atom. The van der Waals surface area contributed by atoms with Crippen molar-refractivity contribution in [2.45, 2.75) is 19.5 Å². The van der Waals surface area contributed by atoms with E-state index in [4.69, 9.17) is 11.6 Å². The molecule has 0 radical (unpaired) electrons. The number of alkyl halides is 3. The Morgan fingerprint density at radius 1 is 1.29 bits per heavy atom. The molecule has 0 saturated heterocycles. The largest absolute Gasteiger partial charge is 0.416 e. The number of hydrogen-bond donors (Lipinski definition) is 1. The summed E-state index contributed by atoms with van der Waals surface area (Å²) in [7, 11) is 0. The fourth-order valence-electron chi connectivity index (χ4n) is 2.74. The average Bonchev–Trinajstić information content (AvgIpc) is 3.14. The van der Waals surface area contributed by atoms with Gasteiger partial charge in [0.2, 0.25) is 0 Å². The molecule has 0 fully saturated rings. The minimum Gasteiger partial charge on any atom is -0.297 e. The zero-order valence-corrected chi connectivity index (χ0v) is 17.7. The van der Waals surface area contributed by atoms with Crippen molar-refractivity contribution >= 4 is 40.1 Å². The van der Waals surface area contributed by atoms with Gasteiger partial charge in [0.15, 0.2) is 5.13 Å². The van der Waals surface area contributed by atoms with Crippen LogP contribution in [0.2, 0.25) is 5.02 Å². The second kappa shape index (κ2) is 9.33. The Balaban J connectivity index is 1.75. The Kier molecular flexibility index (Phi) is 6.78. The lowest BCUT2D eigenvalue weighted by atomic mass is 10.1. The van der Waals surface area contributed by atoms with Gasteiger partial charge in [-0.1, -0.05) is 35.9 Å². The smallest absolute Gasteiger partial charge is 0.297 e. The van der Waals surface area contributed by atoms with Crippen molar-refractivity contribution in [1.82, 2.24) is 4.98 Å². The molecule has 0 saturated carbocycles. The first kappa shape index (κ1) is 22.5. The summed E-state index contributed by atoms with van der Waals surface area (Å²) in [6.45, 7) is 1.87. The third-order valence-corrected chi connectivity index (χ3v) is 5.65. The number of aryl methyl sites for hydroxylation is 1. The topological polar surface area (TPSA) is 65.8 Å². The molecule has 0 aliphatic heterocycles. The number of nitrogens with one attached hydrogen (secondary N) is 1. The fraction of sp³-hybridized carbons (Fsp3) is 0.136. The third-order valence-electron chi connectivity index (χ3n) is 4.37. The second-order valence-corrected chi connectivity index (χ2v) is 8.12. The van der Waals surface area contributed by atoms with Gasteiger partial charge in [0, 0.05) is 22.5 Å². The van der Waals surface area contributed by atoms with E-state index in [1.54, 1.807) is 12.1 Å². The van der Waals surface area contributed by atoms with Crippen molar-refractivity contribution in [3.05, 3.63) is 86.4 Å². The van der Waals surface area contributed by atoms with Gasteiger partial charge in [0.1, 0.15) is 11.6 Å².